The van der Waals surface area contributed by atoms with Crippen LogP contribution in [0.5, 0.6) is 5.75 Å². The molecule has 0 spiro atoms. The van der Waals surface area contributed by atoms with Crippen LogP contribution >= 0.6 is 11.6 Å². The first-order valence-electron chi connectivity index (χ1n) is 9.45. The Morgan fingerprint density at radius 1 is 1.28 bits per heavy atom. The summed E-state index contributed by atoms with van der Waals surface area (Å²) in [5.74, 6) is 1.05. The van der Waals surface area contributed by atoms with Crippen LogP contribution < -0.4 is 20.9 Å². The van der Waals surface area contributed by atoms with E-state index in [1.54, 1.807) is 35.9 Å². The number of nitrogens with one attached hydrogen (secondary N) is 1. The lowest BCUT2D eigenvalue weighted by molar-refractivity contribution is 0.0937. The van der Waals surface area contributed by atoms with Crippen molar-refractivity contribution in [3.8, 4) is 5.75 Å². The Kier molecular flexibility index (Phi) is 5.33. The largest absolute Gasteiger partial charge is 0.489 e. The van der Waals surface area contributed by atoms with Crippen molar-refractivity contribution in [2.24, 2.45) is 7.05 Å². The molecule has 0 aliphatic carbocycles. The standard InChI is InChI=1S/C19H22ClN5O4/c1-23-16-15(17(27)22-19(23)28)25(18(21-16)24-8-4-5-9-24)10-12(26)11-29-14-7-3-2-6-13(14)20/h2-3,6-7,12,26H,4-5,8-11H2,1H3,(H,22,27,28). The summed E-state index contributed by atoms with van der Waals surface area (Å²) < 4.78 is 8.60. The number of aryl methyl sites for hydroxylation is 1. The molecule has 3 heterocycles. The van der Waals surface area contributed by atoms with E-state index in [0.717, 1.165) is 25.9 Å². The average Bonchev–Trinajstić information content (AvgIpc) is 3.34. The molecule has 1 fully saturated rings. The summed E-state index contributed by atoms with van der Waals surface area (Å²) in [5.41, 5.74) is -0.506. The highest BCUT2D eigenvalue weighted by Gasteiger charge is 2.25. The minimum atomic E-state index is -0.915. The average molecular weight is 420 g/mol. The first-order chi connectivity index (χ1) is 14.0. The van der Waals surface area contributed by atoms with E-state index in [2.05, 4.69) is 14.9 Å². The summed E-state index contributed by atoms with van der Waals surface area (Å²) in [6.45, 7) is 1.70. The number of benzene rings is 1. The molecule has 1 atom stereocenters. The van der Waals surface area contributed by atoms with E-state index < -0.39 is 17.4 Å². The molecule has 29 heavy (non-hydrogen) atoms. The number of hydrogen-bond acceptors (Lipinski definition) is 6. The lowest BCUT2D eigenvalue weighted by Gasteiger charge is -2.20. The van der Waals surface area contributed by atoms with Crippen LogP contribution in [0.4, 0.5) is 5.95 Å². The van der Waals surface area contributed by atoms with Crippen LogP contribution in [0.1, 0.15) is 12.8 Å². The number of hydrogen-bond donors (Lipinski definition) is 2. The molecular weight excluding hydrogens is 398 g/mol. The van der Waals surface area contributed by atoms with Crippen molar-refractivity contribution in [2.45, 2.75) is 25.5 Å². The molecule has 0 amide bonds. The SMILES string of the molecule is Cn1c(=O)[nH]c(=O)c2c1nc(N1CCCC1)n2CC(O)COc1ccccc1Cl. The van der Waals surface area contributed by atoms with E-state index in [9.17, 15) is 14.7 Å². The zero-order chi connectivity index (χ0) is 20.5. The molecule has 2 N–H and O–H groups in total. The number of nitrogens with zero attached hydrogens (tertiary/aromatic N) is 4. The third kappa shape index (κ3) is 3.75. The van der Waals surface area contributed by atoms with E-state index >= 15 is 0 Å². The Labute approximate surface area is 171 Å². The molecule has 1 saturated heterocycles. The van der Waals surface area contributed by atoms with Crippen molar-refractivity contribution >= 4 is 28.7 Å². The molecule has 3 aromatic rings. The van der Waals surface area contributed by atoms with Gasteiger partial charge in [-0.25, -0.2) is 4.79 Å². The van der Waals surface area contributed by atoms with Gasteiger partial charge in [0.2, 0.25) is 5.95 Å². The van der Waals surface area contributed by atoms with Gasteiger partial charge in [-0.05, 0) is 25.0 Å². The van der Waals surface area contributed by atoms with Gasteiger partial charge in [0.15, 0.2) is 11.2 Å². The van der Waals surface area contributed by atoms with Gasteiger partial charge in [-0.1, -0.05) is 23.7 Å². The summed E-state index contributed by atoms with van der Waals surface area (Å²) in [5, 5.41) is 11.1. The summed E-state index contributed by atoms with van der Waals surface area (Å²) in [4.78, 5) is 33.4. The normalized spacial score (nSPS) is 15.2. The molecule has 1 aliphatic rings. The number of anilines is 1. The van der Waals surface area contributed by atoms with E-state index in [1.165, 1.54) is 4.57 Å². The third-order valence-corrected chi connectivity index (χ3v) is 5.35. The van der Waals surface area contributed by atoms with E-state index in [1.807, 2.05) is 0 Å². The maximum atomic E-state index is 12.5. The minimum Gasteiger partial charge on any atom is -0.489 e. The summed E-state index contributed by atoms with van der Waals surface area (Å²) >= 11 is 6.09. The Balaban J connectivity index is 1.67. The lowest BCUT2D eigenvalue weighted by atomic mass is 10.3. The molecule has 0 saturated carbocycles. The number of aliphatic hydroxyl groups is 1. The third-order valence-electron chi connectivity index (χ3n) is 5.04. The van der Waals surface area contributed by atoms with Gasteiger partial charge in [0.25, 0.3) is 5.56 Å². The highest BCUT2D eigenvalue weighted by Crippen LogP contribution is 2.25. The number of imidazole rings is 1. The zero-order valence-corrected chi connectivity index (χ0v) is 16.7. The summed E-state index contributed by atoms with van der Waals surface area (Å²) in [7, 11) is 1.56. The first-order valence-corrected chi connectivity index (χ1v) is 9.83. The smallest absolute Gasteiger partial charge is 0.329 e. The summed E-state index contributed by atoms with van der Waals surface area (Å²) in [6, 6.07) is 7.01. The number of rotatable bonds is 6. The Bertz CT molecular complexity index is 1150. The van der Waals surface area contributed by atoms with Crippen molar-refractivity contribution in [2.75, 3.05) is 24.6 Å². The molecule has 1 aliphatic heterocycles. The quantitative estimate of drug-likeness (QED) is 0.620. The lowest BCUT2D eigenvalue weighted by Crippen LogP contribution is -2.31. The van der Waals surface area contributed by atoms with Gasteiger partial charge >= 0.3 is 5.69 Å². The van der Waals surface area contributed by atoms with Gasteiger partial charge in [-0.2, -0.15) is 4.98 Å². The maximum absolute atomic E-state index is 12.5. The van der Waals surface area contributed by atoms with Crippen molar-refractivity contribution in [3.05, 3.63) is 50.1 Å². The number of fused-ring (bicyclic) bond motifs is 1. The van der Waals surface area contributed by atoms with Crippen LogP contribution in [0.3, 0.4) is 0 Å². The van der Waals surface area contributed by atoms with Crippen LogP contribution in [0.2, 0.25) is 5.02 Å². The van der Waals surface area contributed by atoms with Crippen LogP contribution in [0.25, 0.3) is 11.2 Å². The number of aromatic nitrogens is 4. The number of para-hydroxylation sites is 1. The van der Waals surface area contributed by atoms with E-state index in [-0.39, 0.29) is 18.7 Å². The number of ether oxygens (including phenoxy) is 1. The van der Waals surface area contributed by atoms with Gasteiger partial charge in [-0.3, -0.25) is 14.3 Å². The minimum absolute atomic E-state index is 0.00743. The van der Waals surface area contributed by atoms with Crippen molar-refractivity contribution in [3.63, 3.8) is 0 Å². The Hall–Kier alpha value is -2.78. The Morgan fingerprint density at radius 3 is 2.72 bits per heavy atom. The van der Waals surface area contributed by atoms with Crippen LogP contribution in [-0.2, 0) is 13.6 Å². The van der Waals surface area contributed by atoms with Crippen LogP contribution in [0, 0.1) is 0 Å². The fraction of sp³-hybridized carbons (Fsp3) is 0.421. The number of halogens is 1. The highest BCUT2D eigenvalue weighted by atomic mass is 35.5. The van der Waals surface area contributed by atoms with Gasteiger partial charge in [0.1, 0.15) is 18.5 Å². The molecule has 0 bridgehead atoms. The van der Waals surface area contributed by atoms with Gasteiger partial charge in [0.05, 0.1) is 11.6 Å². The fourth-order valence-corrected chi connectivity index (χ4v) is 3.76. The molecular formula is C19H22ClN5O4. The number of aliphatic hydroxyl groups excluding tert-OH is 1. The molecule has 4 rings (SSSR count). The fourth-order valence-electron chi connectivity index (χ4n) is 3.57. The predicted octanol–water partition coefficient (Wildman–Crippen LogP) is 1.12. The topological polar surface area (TPSA) is 105 Å². The summed E-state index contributed by atoms with van der Waals surface area (Å²) in [6.07, 6.45) is 1.13. The predicted molar refractivity (Wildman–Crippen MR) is 110 cm³/mol. The van der Waals surface area contributed by atoms with Crippen LogP contribution in [-0.4, -0.2) is 50.0 Å². The second-order valence-electron chi connectivity index (χ2n) is 7.10. The molecule has 10 heteroatoms. The first kappa shape index (κ1) is 19.5. The second-order valence-corrected chi connectivity index (χ2v) is 7.51. The van der Waals surface area contributed by atoms with E-state index in [0.29, 0.717) is 22.4 Å². The van der Waals surface area contributed by atoms with Gasteiger partial charge in [-0.15, -0.1) is 0 Å². The number of aromatic amines is 1. The molecule has 1 aromatic carbocycles. The molecule has 154 valence electrons. The number of H-pyrrole nitrogens is 1. The highest BCUT2D eigenvalue weighted by molar-refractivity contribution is 6.32. The molecule has 2 aromatic heterocycles. The molecule has 1 unspecified atom stereocenters. The van der Waals surface area contributed by atoms with Crippen molar-refractivity contribution < 1.29 is 9.84 Å². The van der Waals surface area contributed by atoms with E-state index in [4.69, 9.17) is 16.3 Å². The molecule has 9 nitrogen and oxygen atoms in total. The molecule has 0 radical (unpaired) electrons. The Morgan fingerprint density at radius 2 is 2.00 bits per heavy atom. The van der Waals surface area contributed by atoms with Gasteiger partial charge < -0.3 is 19.3 Å². The zero-order valence-electron chi connectivity index (χ0n) is 16.0. The maximum Gasteiger partial charge on any atom is 0.329 e. The van der Waals surface area contributed by atoms with Crippen molar-refractivity contribution in [1.29, 1.82) is 0 Å². The van der Waals surface area contributed by atoms with Crippen LogP contribution in [0.15, 0.2) is 33.9 Å². The monoisotopic (exact) mass is 419 g/mol. The van der Waals surface area contributed by atoms with Crippen molar-refractivity contribution in [1.82, 2.24) is 19.1 Å². The second kappa shape index (κ2) is 7.92. The van der Waals surface area contributed by atoms with Gasteiger partial charge in [0, 0.05) is 20.1 Å².